The van der Waals surface area contributed by atoms with Gasteiger partial charge in [-0.15, -0.1) is 0 Å². The van der Waals surface area contributed by atoms with Crippen LogP contribution in [0.4, 0.5) is 0 Å². The molecule has 88 valence electrons. The van der Waals surface area contributed by atoms with Crippen molar-refractivity contribution in [1.82, 2.24) is 5.32 Å². The second-order valence-electron chi connectivity index (χ2n) is 4.55. The van der Waals surface area contributed by atoms with Gasteiger partial charge in [-0.05, 0) is 24.6 Å². The lowest BCUT2D eigenvalue weighted by Crippen LogP contribution is -2.39. The summed E-state index contributed by atoms with van der Waals surface area (Å²) in [6.07, 6.45) is 0.119. The molecule has 0 spiro atoms. The lowest BCUT2D eigenvalue weighted by atomic mass is 10.2. The van der Waals surface area contributed by atoms with E-state index in [1.54, 1.807) is 0 Å². The van der Waals surface area contributed by atoms with Gasteiger partial charge in [0.2, 0.25) is 0 Å². The number of ether oxygens (including phenoxy) is 2. The molecule has 1 N–H and O–H groups in total. The third-order valence-electron chi connectivity index (χ3n) is 2.49. The Hall–Kier alpha value is -1.22. The SMILES string of the molecule is CC(C)CNCC1COc2ccccc2O1. The molecule has 3 nitrogen and oxygen atoms in total. The molecule has 1 unspecified atom stereocenters. The molecule has 3 heteroatoms. The molecule has 0 fully saturated rings. The van der Waals surface area contributed by atoms with Crippen molar-refractivity contribution in [3.8, 4) is 11.5 Å². The quantitative estimate of drug-likeness (QED) is 0.844. The van der Waals surface area contributed by atoms with Crippen molar-refractivity contribution >= 4 is 0 Å². The first-order valence-corrected chi connectivity index (χ1v) is 5.85. The van der Waals surface area contributed by atoms with Crippen LogP contribution in [0.15, 0.2) is 24.3 Å². The molecule has 0 amide bonds. The van der Waals surface area contributed by atoms with Gasteiger partial charge < -0.3 is 14.8 Å². The second kappa shape index (κ2) is 5.21. The van der Waals surface area contributed by atoms with Gasteiger partial charge in [0.25, 0.3) is 0 Å². The summed E-state index contributed by atoms with van der Waals surface area (Å²) in [6, 6.07) is 7.81. The lowest BCUT2D eigenvalue weighted by Gasteiger charge is -2.26. The highest BCUT2D eigenvalue weighted by Crippen LogP contribution is 2.30. The zero-order chi connectivity index (χ0) is 11.4. The molecular formula is C13H19NO2. The van der Waals surface area contributed by atoms with E-state index in [0.717, 1.165) is 24.6 Å². The third kappa shape index (κ3) is 2.89. The number of benzene rings is 1. The average Bonchev–Trinajstić information content (AvgIpc) is 2.28. The number of hydrogen-bond donors (Lipinski definition) is 1. The minimum absolute atomic E-state index is 0.119. The molecule has 0 radical (unpaired) electrons. The van der Waals surface area contributed by atoms with Gasteiger partial charge >= 0.3 is 0 Å². The molecule has 1 aliphatic heterocycles. The summed E-state index contributed by atoms with van der Waals surface area (Å²) in [5.74, 6) is 2.37. The summed E-state index contributed by atoms with van der Waals surface area (Å²) < 4.78 is 11.5. The number of fused-ring (bicyclic) bond motifs is 1. The van der Waals surface area contributed by atoms with Crippen molar-refractivity contribution < 1.29 is 9.47 Å². The molecule has 1 aliphatic rings. The van der Waals surface area contributed by atoms with E-state index >= 15 is 0 Å². The number of nitrogens with one attached hydrogen (secondary N) is 1. The maximum Gasteiger partial charge on any atom is 0.161 e. The average molecular weight is 221 g/mol. The molecule has 1 aromatic rings. The summed E-state index contributed by atoms with van der Waals surface area (Å²) >= 11 is 0. The first-order valence-electron chi connectivity index (χ1n) is 5.85. The first kappa shape index (κ1) is 11.3. The summed E-state index contributed by atoms with van der Waals surface area (Å²) in [5, 5.41) is 3.38. The van der Waals surface area contributed by atoms with Crippen molar-refractivity contribution in [3.05, 3.63) is 24.3 Å². The number of para-hydroxylation sites is 2. The minimum Gasteiger partial charge on any atom is -0.486 e. The molecule has 1 heterocycles. The van der Waals surface area contributed by atoms with E-state index in [1.165, 1.54) is 0 Å². The Kier molecular flexibility index (Phi) is 3.67. The third-order valence-corrected chi connectivity index (χ3v) is 2.49. The van der Waals surface area contributed by atoms with E-state index < -0.39 is 0 Å². The van der Waals surface area contributed by atoms with Crippen LogP contribution in [0.2, 0.25) is 0 Å². The summed E-state index contributed by atoms with van der Waals surface area (Å²) in [7, 11) is 0. The molecule has 0 aromatic heterocycles. The Morgan fingerprint density at radius 1 is 1.31 bits per heavy atom. The number of hydrogen-bond acceptors (Lipinski definition) is 3. The Bertz CT molecular complexity index is 338. The van der Waals surface area contributed by atoms with Crippen LogP contribution in [0.3, 0.4) is 0 Å². The summed E-state index contributed by atoms with van der Waals surface area (Å²) in [4.78, 5) is 0. The van der Waals surface area contributed by atoms with E-state index in [2.05, 4.69) is 19.2 Å². The molecule has 0 aliphatic carbocycles. The lowest BCUT2D eigenvalue weighted by molar-refractivity contribution is 0.0900. The normalized spacial score (nSPS) is 18.8. The molecular weight excluding hydrogens is 202 g/mol. The molecule has 0 bridgehead atoms. The Balaban J connectivity index is 1.83. The zero-order valence-electron chi connectivity index (χ0n) is 9.90. The van der Waals surface area contributed by atoms with E-state index in [4.69, 9.17) is 9.47 Å². The Morgan fingerprint density at radius 3 is 2.81 bits per heavy atom. The standard InChI is InChI=1S/C13H19NO2/c1-10(2)7-14-8-11-9-15-12-5-3-4-6-13(12)16-11/h3-6,10-11,14H,7-9H2,1-2H3. The van der Waals surface area contributed by atoms with Gasteiger partial charge in [-0.2, -0.15) is 0 Å². The van der Waals surface area contributed by atoms with Crippen LogP contribution in [0.5, 0.6) is 11.5 Å². The van der Waals surface area contributed by atoms with Crippen LogP contribution in [0.1, 0.15) is 13.8 Å². The van der Waals surface area contributed by atoms with Gasteiger partial charge in [0.05, 0.1) is 0 Å². The maximum atomic E-state index is 5.83. The molecule has 16 heavy (non-hydrogen) atoms. The predicted octanol–water partition coefficient (Wildman–Crippen LogP) is 2.07. The first-order chi connectivity index (χ1) is 7.75. The summed E-state index contributed by atoms with van der Waals surface area (Å²) in [6.45, 7) is 6.87. The van der Waals surface area contributed by atoms with Crippen LogP contribution in [0.25, 0.3) is 0 Å². The van der Waals surface area contributed by atoms with Crippen LogP contribution in [-0.4, -0.2) is 25.8 Å². The van der Waals surface area contributed by atoms with Crippen molar-refractivity contribution in [3.63, 3.8) is 0 Å². The second-order valence-corrected chi connectivity index (χ2v) is 4.55. The van der Waals surface area contributed by atoms with Crippen molar-refractivity contribution in [2.45, 2.75) is 20.0 Å². The highest BCUT2D eigenvalue weighted by Gasteiger charge is 2.19. The monoisotopic (exact) mass is 221 g/mol. The van der Waals surface area contributed by atoms with Crippen LogP contribution in [-0.2, 0) is 0 Å². The minimum atomic E-state index is 0.119. The van der Waals surface area contributed by atoms with Gasteiger partial charge in [0.1, 0.15) is 12.7 Å². The predicted molar refractivity (Wildman–Crippen MR) is 64.1 cm³/mol. The topological polar surface area (TPSA) is 30.5 Å². The smallest absolute Gasteiger partial charge is 0.161 e. The van der Waals surface area contributed by atoms with Crippen LogP contribution < -0.4 is 14.8 Å². The highest BCUT2D eigenvalue weighted by molar-refractivity contribution is 5.40. The van der Waals surface area contributed by atoms with Gasteiger partial charge in [0, 0.05) is 6.54 Å². The molecule has 1 aromatic carbocycles. The van der Waals surface area contributed by atoms with Crippen molar-refractivity contribution in [1.29, 1.82) is 0 Å². The summed E-state index contributed by atoms with van der Waals surface area (Å²) in [5.41, 5.74) is 0. The molecule has 0 saturated heterocycles. The molecule has 1 atom stereocenters. The largest absolute Gasteiger partial charge is 0.486 e. The Labute approximate surface area is 96.8 Å². The van der Waals surface area contributed by atoms with Gasteiger partial charge in [-0.1, -0.05) is 26.0 Å². The maximum absolute atomic E-state index is 5.83. The highest BCUT2D eigenvalue weighted by atomic mass is 16.6. The van der Waals surface area contributed by atoms with Gasteiger partial charge in [-0.3, -0.25) is 0 Å². The van der Waals surface area contributed by atoms with Gasteiger partial charge in [-0.25, -0.2) is 0 Å². The molecule has 2 rings (SSSR count). The van der Waals surface area contributed by atoms with E-state index in [9.17, 15) is 0 Å². The van der Waals surface area contributed by atoms with E-state index in [0.29, 0.717) is 12.5 Å². The van der Waals surface area contributed by atoms with Crippen LogP contribution in [0, 0.1) is 5.92 Å². The zero-order valence-corrected chi connectivity index (χ0v) is 9.90. The van der Waals surface area contributed by atoms with Crippen molar-refractivity contribution in [2.75, 3.05) is 19.7 Å². The Morgan fingerprint density at radius 2 is 2.06 bits per heavy atom. The molecule has 0 saturated carbocycles. The van der Waals surface area contributed by atoms with Crippen LogP contribution >= 0.6 is 0 Å². The fraction of sp³-hybridized carbons (Fsp3) is 0.538. The van der Waals surface area contributed by atoms with Crippen molar-refractivity contribution in [2.24, 2.45) is 5.92 Å². The van der Waals surface area contributed by atoms with Gasteiger partial charge in [0.15, 0.2) is 11.5 Å². The fourth-order valence-electron chi connectivity index (χ4n) is 1.70. The fourth-order valence-corrected chi connectivity index (χ4v) is 1.70. The number of rotatable bonds is 4. The van der Waals surface area contributed by atoms with E-state index in [-0.39, 0.29) is 6.10 Å². The van der Waals surface area contributed by atoms with E-state index in [1.807, 2.05) is 24.3 Å².